The molecular weight excluding hydrogens is 415 g/mol. The van der Waals surface area contributed by atoms with E-state index in [9.17, 15) is 0 Å². The summed E-state index contributed by atoms with van der Waals surface area (Å²) in [6.45, 7) is 2.10. The predicted octanol–water partition coefficient (Wildman–Crippen LogP) is 5.63. The zero-order valence-corrected chi connectivity index (χ0v) is 17.9. The number of aromatic nitrogens is 3. The topological polar surface area (TPSA) is 42.7 Å². The molecule has 0 spiro atoms. The number of hydrogen-bond acceptors (Lipinski definition) is 3. The van der Waals surface area contributed by atoms with E-state index in [2.05, 4.69) is 29.6 Å². The summed E-state index contributed by atoms with van der Waals surface area (Å²) in [5, 5.41) is 14.5. The fourth-order valence-corrected chi connectivity index (χ4v) is 3.49. The Morgan fingerprint density at radius 2 is 1.37 bits per heavy atom. The SMILES string of the molecule is Clc1ccc(CCNCc2nn(Cc3ccc(Cl)cc3)nc2-c2ccccc2)cc1. The van der Waals surface area contributed by atoms with Crippen molar-refractivity contribution in [2.45, 2.75) is 19.5 Å². The monoisotopic (exact) mass is 436 g/mol. The summed E-state index contributed by atoms with van der Waals surface area (Å²) >= 11 is 12.0. The Balaban J connectivity index is 1.46. The van der Waals surface area contributed by atoms with Gasteiger partial charge in [0, 0.05) is 22.2 Å². The van der Waals surface area contributed by atoms with Gasteiger partial charge in [-0.05, 0) is 48.4 Å². The Kier molecular flexibility index (Phi) is 6.80. The highest BCUT2D eigenvalue weighted by Crippen LogP contribution is 2.20. The number of hydrogen-bond donors (Lipinski definition) is 1. The van der Waals surface area contributed by atoms with E-state index in [4.69, 9.17) is 33.4 Å². The van der Waals surface area contributed by atoms with Gasteiger partial charge in [0.05, 0.1) is 6.54 Å². The van der Waals surface area contributed by atoms with Crippen LogP contribution < -0.4 is 5.32 Å². The minimum Gasteiger partial charge on any atom is -0.311 e. The second-order valence-electron chi connectivity index (χ2n) is 7.07. The van der Waals surface area contributed by atoms with Gasteiger partial charge in [-0.25, -0.2) is 0 Å². The molecule has 0 saturated carbocycles. The molecule has 1 N–H and O–H groups in total. The predicted molar refractivity (Wildman–Crippen MR) is 123 cm³/mol. The first-order valence-electron chi connectivity index (χ1n) is 9.86. The van der Waals surface area contributed by atoms with Crippen molar-refractivity contribution in [1.82, 2.24) is 20.3 Å². The molecule has 6 heteroatoms. The lowest BCUT2D eigenvalue weighted by molar-refractivity contribution is 0.577. The summed E-state index contributed by atoms with van der Waals surface area (Å²) in [5.74, 6) is 0. The van der Waals surface area contributed by atoms with E-state index < -0.39 is 0 Å². The zero-order chi connectivity index (χ0) is 20.8. The van der Waals surface area contributed by atoms with E-state index in [1.54, 1.807) is 4.80 Å². The first-order valence-corrected chi connectivity index (χ1v) is 10.6. The molecule has 152 valence electrons. The van der Waals surface area contributed by atoms with Crippen LogP contribution in [-0.4, -0.2) is 21.5 Å². The number of nitrogens with one attached hydrogen (secondary N) is 1. The van der Waals surface area contributed by atoms with Crippen molar-refractivity contribution in [3.8, 4) is 11.3 Å². The molecule has 3 aromatic carbocycles. The Labute approximate surface area is 186 Å². The Bertz CT molecular complexity index is 1070. The highest BCUT2D eigenvalue weighted by Gasteiger charge is 2.13. The third-order valence-corrected chi connectivity index (χ3v) is 5.31. The molecular formula is C24H22Cl2N4. The van der Waals surface area contributed by atoms with E-state index in [1.165, 1.54) is 5.56 Å². The molecule has 4 rings (SSSR count). The molecule has 0 amide bonds. The molecule has 0 aliphatic heterocycles. The fourth-order valence-electron chi connectivity index (χ4n) is 3.24. The molecule has 0 aliphatic carbocycles. The molecule has 4 nitrogen and oxygen atoms in total. The van der Waals surface area contributed by atoms with Crippen LogP contribution in [0.2, 0.25) is 10.0 Å². The highest BCUT2D eigenvalue weighted by atomic mass is 35.5. The lowest BCUT2D eigenvalue weighted by Gasteiger charge is -2.05. The number of nitrogens with zero attached hydrogens (tertiary/aromatic N) is 3. The van der Waals surface area contributed by atoms with Crippen LogP contribution in [0.15, 0.2) is 78.9 Å². The Morgan fingerprint density at radius 1 is 0.733 bits per heavy atom. The lowest BCUT2D eigenvalue weighted by atomic mass is 10.1. The summed E-state index contributed by atoms with van der Waals surface area (Å²) < 4.78 is 0. The van der Waals surface area contributed by atoms with Crippen LogP contribution in [0, 0.1) is 0 Å². The molecule has 0 saturated heterocycles. The number of rotatable bonds is 8. The van der Waals surface area contributed by atoms with Crippen molar-refractivity contribution in [1.29, 1.82) is 0 Å². The summed E-state index contributed by atoms with van der Waals surface area (Å²) in [6, 6.07) is 25.9. The minimum absolute atomic E-state index is 0.599. The van der Waals surface area contributed by atoms with Crippen LogP contribution in [0.1, 0.15) is 16.8 Å². The Hall–Kier alpha value is -2.66. The van der Waals surface area contributed by atoms with E-state index in [1.807, 2.05) is 54.6 Å². The van der Waals surface area contributed by atoms with Crippen molar-refractivity contribution < 1.29 is 0 Å². The lowest BCUT2D eigenvalue weighted by Crippen LogP contribution is -2.17. The van der Waals surface area contributed by atoms with Gasteiger partial charge in [-0.3, -0.25) is 0 Å². The maximum atomic E-state index is 5.99. The quantitative estimate of drug-likeness (QED) is 0.363. The minimum atomic E-state index is 0.599. The van der Waals surface area contributed by atoms with Crippen LogP contribution in [0.5, 0.6) is 0 Å². The summed E-state index contributed by atoms with van der Waals surface area (Å²) in [4.78, 5) is 1.75. The first-order chi connectivity index (χ1) is 14.7. The van der Waals surface area contributed by atoms with Crippen LogP contribution in [-0.2, 0) is 19.5 Å². The molecule has 0 unspecified atom stereocenters. The van der Waals surface area contributed by atoms with Crippen molar-refractivity contribution in [3.63, 3.8) is 0 Å². The first kappa shape index (κ1) is 20.6. The molecule has 1 aromatic heterocycles. The molecule has 0 atom stereocenters. The van der Waals surface area contributed by atoms with E-state index in [-0.39, 0.29) is 0 Å². The second-order valence-corrected chi connectivity index (χ2v) is 7.94. The molecule has 0 radical (unpaired) electrons. The third kappa shape index (κ3) is 5.48. The van der Waals surface area contributed by atoms with Gasteiger partial charge in [-0.1, -0.05) is 77.8 Å². The highest BCUT2D eigenvalue weighted by molar-refractivity contribution is 6.30. The standard InChI is InChI=1S/C24H22Cl2N4/c25-21-10-6-18(7-11-21)14-15-27-16-23-24(20-4-2-1-3-5-20)29-30(28-23)17-19-8-12-22(26)13-9-19/h1-13,27H,14-17H2. The van der Waals surface area contributed by atoms with Crippen LogP contribution in [0.3, 0.4) is 0 Å². The number of halogens is 2. The van der Waals surface area contributed by atoms with Crippen LogP contribution in [0.4, 0.5) is 0 Å². The van der Waals surface area contributed by atoms with Crippen molar-refractivity contribution >= 4 is 23.2 Å². The molecule has 0 fully saturated rings. The zero-order valence-electron chi connectivity index (χ0n) is 16.4. The van der Waals surface area contributed by atoms with Crippen molar-refractivity contribution in [3.05, 3.63) is 106 Å². The number of benzene rings is 3. The van der Waals surface area contributed by atoms with E-state index in [0.717, 1.165) is 45.5 Å². The maximum absolute atomic E-state index is 5.99. The van der Waals surface area contributed by atoms with Gasteiger partial charge in [0.25, 0.3) is 0 Å². The summed E-state index contributed by atoms with van der Waals surface area (Å²) in [5.41, 5.74) is 5.27. The average molecular weight is 437 g/mol. The van der Waals surface area contributed by atoms with Gasteiger partial charge in [0.2, 0.25) is 0 Å². The molecule has 4 aromatic rings. The Morgan fingerprint density at radius 3 is 2.03 bits per heavy atom. The fraction of sp³-hybridized carbons (Fsp3) is 0.167. The molecule has 0 aliphatic rings. The molecule has 0 bridgehead atoms. The van der Waals surface area contributed by atoms with Crippen LogP contribution in [0.25, 0.3) is 11.3 Å². The van der Waals surface area contributed by atoms with Gasteiger partial charge >= 0.3 is 0 Å². The second kappa shape index (κ2) is 9.90. The van der Waals surface area contributed by atoms with Crippen LogP contribution >= 0.6 is 23.2 Å². The van der Waals surface area contributed by atoms with Gasteiger partial charge in [0.15, 0.2) is 0 Å². The van der Waals surface area contributed by atoms with Gasteiger partial charge in [0.1, 0.15) is 11.4 Å². The van der Waals surface area contributed by atoms with Gasteiger partial charge in [-0.2, -0.15) is 15.0 Å². The van der Waals surface area contributed by atoms with E-state index in [0.29, 0.717) is 13.1 Å². The maximum Gasteiger partial charge on any atom is 0.117 e. The van der Waals surface area contributed by atoms with Crippen molar-refractivity contribution in [2.24, 2.45) is 0 Å². The van der Waals surface area contributed by atoms with Crippen molar-refractivity contribution in [2.75, 3.05) is 6.54 Å². The molecule has 1 heterocycles. The van der Waals surface area contributed by atoms with Gasteiger partial charge < -0.3 is 5.32 Å². The largest absolute Gasteiger partial charge is 0.311 e. The third-order valence-electron chi connectivity index (χ3n) is 4.81. The molecule has 30 heavy (non-hydrogen) atoms. The summed E-state index contributed by atoms with van der Waals surface area (Å²) in [7, 11) is 0. The van der Waals surface area contributed by atoms with E-state index >= 15 is 0 Å². The average Bonchev–Trinajstić information content (AvgIpc) is 3.17. The van der Waals surface area contributed by atoms with Gasteiger partial charge in [-0.15, -0.1) is 0 Å². The normalized spacial score (nSPS) is 11.0. The summed E-state index contributed by atoms with van der Waals surface area (Å²) in [6.07, 6.45) is 0.927. The smallest absolute Gasteiger partial charge is 0.117 e.